The van der Waals surface area contributed by atoms with Gasteiger partial charge in [0.25, 0.3) is 5.82 Å². The Labute approximate surface area is 103 Å². The molecule has 0 aliphatic heterocycles. The minimum Gasteiger partial charge on any atom is -0.460 e. The van der Waals surface area contributed by atoms with E-state index in [1.54, 1.807) is 30.0 Å². The van der Waals surface area contributed by atoms with Crippen molar-refractivity contribution in [3.05, 3.63) is 22.8 Å². The Kier molecular flexibility index (Phi) is 3.23. The molecular weight excluding hydrogens is 238 g/mol. The summed E-state index contributed by atoms with van der Waals surface area (Å²) in [6.45, 7) is 4.08. The summed E-state index contributed by atoms with van der Waals surface area (Å²) in [5, 5.41) is 6.05. The second kappa shape index (κ2) is 4.67. The van der Waals surface area contributed by atoms with Crippen molar-refractivity contribution in [1.29, 1.82) is 0 Å². The molecule has 6 heteroatoms. The summed E-state index contributed by atoms with van der Waals surface area (Å²) < 4.78 is 6.47. The number of nitrogens with zero attached hydrogens (tertiary/aromatic N) is 3. The van der Waals surface area contributed by atoms with E-state index in [1.807, 2.05) is 18.4 Å². The van der Waals surface area contributed by atoms with Crippen LogP contribution in [0.5, 0.6) is 0 Å². The summed E-state index contributed by atoms with van der Waals surface area (Å²) >= 11 is 1.58. The fourth-order valence-corrected chi connectivity index (χ4v) is 2.41. The second-order valence-electron chi connectivity index (χ2n) is 3.54. The minimum atomic E-state index is -0.483. The van der Waals surface area contributed by atoms with Gasteiger partial charge in [-0.3, -0.25) is 0 Å². The highest BCUT2D eigenvalue weighted by Crippen LogP contribution is 2.27. The maximum Gasteiger partial charge on any atom is 0.378 e. The Morgan fingerprint density at radius 3 is 2.94 bits per heavy atom. The molecule has 0 aromatic carbocycles. The van der Waals surface area contributed by atoms with Crippen LogP contribution in [0.15, 0.2) is 11.4 Å². The number of thiophene rings is 1. The van der Waals surface area contributed by atoms with Crippen molar-refractivity contribution in [3.8, 4) is 10.7 Å². The molecule has 5 nitrogen and oxygen atoms in total. The van der Waals surface area contributed by atoms with Gasteiger partial charge in [0.1, 0.15) is 0 Å². The Bertz CT molecular complexity index is 545. The molecule has 2 heterocycles. The number of hydrogen-bond donors (Lipinski definition) is 0. The van der Waals surface area contributed by atoms with Crippen LogP contribution in [0.2, 0.25) is 0 Å². The first kappa shape index (κ1) is 11.8. The molecule has 0 aliphatic carbocycles. The number of ether oxygens (including phenoxy) is 1. The quantitative estimate of drug-likeness (QED) is 0.783. The first-order chi connectivity index (χ1) is 8.13. The molecule has 0 radical (unpaired) electrons. The predicted molar refractivity (Wildman–Crippen MR) is 65.0 cm³/mol. The van der Waals surface area contributed by atoms with E-state index in [4.69, 9.17) is 4.74 Å². The monoisotopic (exact) mass is 251 g/mol. The van der Waals surface area contributed by atoms with Gasteiger partial charge in [0.05, 0.1) is 11.5 Å². The van der Waals surface area contributed by atoms with Gasteiger partial charge in [0, 0.05) is 7.05 Å². The molecule has 0 saturated carbocycles. The van der Waals surface area contributed by atoms with E-state index in [-0.39, 0.29) is 5.82 Å². The van der Waals surface area contributed by atoms with E-state index < -0.39 is 5.97 Å². The molecule has 0 N–H and O–H groups in total. The molecule has 0 atom stereocenters. The average Bonchev–Trinajstić information content (AvgIpc) is 2.85. The van der Waals surface area contributed by atoms with Crippen LogP contribution >= 0.6 is 11.3 Å². The number of carbonyl (C=O) groups is 1. The molecule has 0 spiro atoms. The number of esters is 1. The molecule has 0 unspecified atom stereocenters. The van der Waals surface area contributed by atoms with Crippen molar-refractivity contribution in [2.45, 2.75) is 13.8 Å². The van der Waals surface area contributed by atoms with Gasteiger partial charge in [0.15, 0.2) is 5.82 Å². The molecule has 2 rings (SSSR count). The van der Waals surface area contributed by atoms with Crippen LogP contribution in [0.3, 0.4) is 0 Å². The number of rotatable bonds is 3. The molecule has 90 valence electrons. The largest absolute Gasteiger partial charge is 0.460 e. The fourth-order valence-electron chi connectivity index (χ4n) is 1.47. The minimum absolute atomic E-state index is 0.108. The van der Waals surface area contributed by atoms with Crippen LogP contribution in [0.1, 0.15) is 23.1 Å². The topological polar surface area (TPSA) is 57.0 Å². The van der Waals surface area contributed by atoms with Gasteiger partial charge in [-0.1, -0.05) is 0 Å². The second-order valence-corrected chi connectivity index (χ2v) is 4.45. The lowest BCUT2D eigenvalue weighted by atomic mass is 10.3. The van der Waals surface area contributed by atoms with Crippen LogP contribution in [0.25, 0.3) is 10.7 Å². The number of aromatic nitrogens is 3. The van der Waals surface area contributed by atoms with Crippen LogP contribution in [0.4, 0.5) is 0 Å². The van der Waals surface area contributed by atoms with Gasteiger partial charge in [-0.05, 0) is 30.9 Å². The zero-order chi connectivity index (χ0) is 12.4. The number of aryl methyl sites for hydroxylation is 2. The highest BCUT2D eigenvalue weighted by atomic mass is 32.1. The van der Waals surface area contributed by atoms with Gasteiger partial charge in [-0.2, -0.15) is 0 Å². The Morgan fingerprint density at radius 2 is 2.35 bits per heavy atom. The third-order valence-corrected chi connectivity index (χ3v) is 3.30. The SMILES string of the molecule is CCOC(=O)c1nc(-c2sccc2C)n(C)n1. The van der Waals surface area contributed by atoms with Gasteiger partial charge >= 0.3 is 5.97 Å². The van der Waals surface area contributed by atoms with Crippen LogP contribution in [-0.2, 0) is 11.8 Å². The lowest BCUT2D eigenvalue weighted by Crippen LogP contribution is -2.07. The van der Waals surface area contributed by atoms with Crippen molar-refractivity contribution in [2.24, 2.45) is 7.05 Å². The van der Waals surface area contributed by atoms with Gasteiger partial charge < -0.3 is 4.74 Å². The lowest BCUT2D eigenvalue weighted by molar-refractivity contribution is 0.0512. The lowest BCUT2D eigenvalue weighted by Gasteiger charge is -1.96. The maximum absolute atomic E-state index is 11.5. The van der Waals surface area contributed by atoms with E-state index in [9.17, 15) is 4.79 Å². The van der Waals surface area contributed by atoms with E-state index in [1.165, 1.54) is 0 Å². The number of hydrogen-bond acceptors (Lipinski definition) is 5. The van der Waals surface area contributed by atoms with Crippen molar-refractivity contribution in [2.75, 3.05) is 6.61 Å². The zero-order valence-electron chi connectivity index (χ0n) is 9.93. The van der Waals surface area contributed by atoms with E-state index in [2.05, 4.69) is 10.1 Å². The zero-order valence-corrected chi connectivity index (χ0v) is 10.7. The highest BCUT2D eigenvalue weighted by molar-refractivity contribution is 7.13. The van der Waals surface area contributed by atoms with E-state index >= 15 is 0 Å². The summed E-state index contributed by atoms with van der Waals surface area (Å²) in [5.74, 6) is 0.321. The standard InChI is InChI=1S/C11H13N3O2S/c1-4-16-11(15)9-12-10(14(3)13-9)8-7(2)5-6-17-8/h5-6H,4H2,1-3H3. The summed E-state index contributed by atoms with van der Waals surface area (Å²) in [5.41, 5.74) is 1.13. The maximum atomic E-state index is 11.5. The molecule has 17 heavy (non-hydrogen) atoms. The normalized spacial score (nSPS) is 10.5. The highest BCUT2D eigenvalue weighted by Gasteiger charge is 2.18. The summed E-state index contributed by atoms with van der Waals surface area (Å²) in [6, 6.07) is 2.01. The van der Waals surface area contributed by atoms with Crippen molar-refractivity contribution >= 4 is 17.3 Å². The summed E-state index contributed by atoms with van der Waals surface area (Å²) in [6.07, 6.45) is 0. The Balaban J connectivity index is 2.38. The van der Waals surface area contributed by atoms with Crippen LogP contribution in [0, 0.1) is 6.92 Å². The molecule has 0 fully saturated rings. The molecule has 2 aromatic rings. The number of carbonyl (C=O) groups excluding carboxylic acids is 1. The molecule has 0 aliphatic rings. The summed E-state index contributed by atoms with van der Waals surface area (Å²) in [4.78, 5) is 16.8. The molecule has 0 bridgehead atoms. The third-order valence-electron chi connectivity index (χ3n) is 2.29. The average molecular weight is 251 g/mol. The fraction of sp³-hybridized carbons (Fsp3) is 0.364. The molecular formula is C11H13N3O2S. The van der Waals surface area contributed by atoms with Crippen molar-refractivity contribution < 1.29 is 9.53 Å². The Hall–Kier alpha value is -1.69. The van der Waals surface area contributed by atoms with Gasteiger partial charge in [-0.25, -0.2) is 14.5 Å². The van der Waals surface area contributed by atoms with E-state index in [0.29, 0.717) is 12.4 Å². The first-order valence-electron chi connectivity index (χ1n) is 5.26. The summed E-state index contributed by atoms with van der Waals surface area (Å²) in [7, 11) is 1.77. The first-order valence-corrected chi connectivity index (χ1v) is 6.14. The molecule has 0 saturated heterocycles. The van der Waals surface area contributed by atoms with Gasteiger partial charge in [0.2, 0.25) is 0 Å². The van der Waals surface area contributed by atoms with Gasteiger partial charge in [-0.15, -0.1) is 16.4 Å². The molecule has 2 aromatic heterocycles. The predicted octanol–water partition coefficient (Wildman–Crippen LogP) is 2.03. The van der Waals surface area contributed by atoms with Crippen molar-refractivity contribution in [3.63, 3.8) is 0 Å². The van der Waals surface area contributed by atoms with Crippen molar-refractivity contribution in [1.82, 2.24) is 14.8 Å². The third kappa shape index (κ3) is 2.21. The molecule has 0 amide bonds. The van der Waals surface area contributed by atoms with Crippen LogP contribution in [-0.4, -0.2) is 27.3 Å². The van der Waals surface area contributed by atoms with Crippen LogP contribution < -0.4 is 0 Å². The van der Waals surface area contributed by atoms with E-state index in [0.717, 1.165) is 10.4 Å². The smallest absolute Gasteiger partial charge is 0.378 e. The Morgan fingerprint density at radius 1 is 1.59 bits per heavy atom.